The molecule has 1 saturated heterocycles. The van der Waals surface area contributed by atoms with Crippen LogP contribution in [0.25, 0.3) is 10.9 Å². The Morgan fingerprint density at radius 1 is 1.14 bits per heavy atom. The van der Waals surface area contributed by atoms with Gasteiger partial charge in [-0.15, -0.1) is 0 Å². The molecule has 0 atom stereocenters. The molecule has 2 aromatic rings. The van der Waals surface area contributed by atoms with E-state index in [4.69, 9.17) is 0 Å². The molecule has 2 heterocycles. The Labute approximate surface area is 126 Å². The van der Waals surface area contributed by atoms with Crippen molar-refractivity contribution in [1.29, 1.82) is 0 Å². The molecule has 1 aromatic carbocycles. The van der Waals surface area contributed by atoms with Gasteiger partial charge in [-0.1, -0.05) is 13.8 Å². The predicted octanol–water partition coefficient (Wildman–Crippen LogP) is 2.72. The SMILES string of the molecule is CC(C)CN1CCN(c2ccnc3cc(O)ccc23)CC1. The third-order valence-electron chi connectivity index (χ3n) is 4.04. The molecule has 0 amide bonds. The van der Waals surface area contributed by atoms with Crippen molar-refractivity contribution in [3.05, 3.63) is 30.5 Å². The normalized spacial score (nSPS) is 16.8. The summed E-state index contributed by atoms with van der Waals surface area (Å²) in [5, 5.41) is 10.7. The van der Waals surface area contributed by atoms with Gasteiger partial charge >= 0.3 is 0 Å². The monoisotopic (exact) mass is 285 g/mol. The van der Waals surface area contributed by atoms with Crippen LogP contribution in [0.5, 0.6) is 5.75 Å². The van der Waals surface area contributed by atoms with E-state index in [2.05, 4.69) is 34.7 Å². The van der Waals surface area contributed by atoms with Crippen LogP contribution in [0.3, 0.4) is 0 Å². The van der Waals surface area contributed by atoms with Gasteiger partial charge < -0.3 is 10.0 Å². The molecule has 1 aliphatic rings. The minimum absolute atomic E-state index is 0.272. The highest BCUT2D eigenvalue weighted by Crippen LogP contribution is 2.28. The average Bonchev–Trinajstić information content (AvgIpc) is 2.46. The van der Waals surface area contributed by atoms with E-state index in [0.717, 1.165) is 43.0 Å². The Morgan fingerprint density at radius 3 is 2.62 bits per heavy atom. The molecule has 112 valence electrons. The topological polar surface area (TPSA) is 39.6 Å². The highest BCUT2D eigenvalue weighted by atomic mass is 16.3. The first-order valence-electron chi connectivity index (χ1n) is 7.68. The molecule has 0 aliphatic carbocycles. The van der Waals surface area contributed by atoms with Crippen molar-refractivity contribution in [3.63, 3.8) is 0 Å². The Morgan fingerprint density at radius 2 is 1.90 bits per heavy atom. The van der Waals surface area contributed by atoms with Gasteiger partial charge in [0, 0.05) is 56.1 Å². The van der Waals surface area contributed by atoms with Gasteiger partial charge in [-0.3, -0.25) is 9.88 Å². The summed E-state index contributed by atoms with van der Waals surface area (Å²) in [5.74, 6) is 0.996. The van der Waals surface area contributed by atoms with Gasteiger partial charge in [-0.2, -0.15) is 0 Å². The first-order valence-corrected chi connectivity index (χ1v) is 7.68. The lowest BCUT2D eigenvalue weighted by Crippen LogP contribution is -2.47. The van der Waals surface area contributed by atoms with Crippen LogP contribution in [-0.4, -0.2) is 47.7 Å². The van der Waals surface area contributed by atoms with E-state index in [9.17, 15) is 5.11 Å². The lowest BCUT2D eigenvalue weighted by atomic mass is 10.1. The van der Waals surface area contributed by atoms with Gasteiger partial charge in [-0.05, 0) is 24.1 Å². The third kappa shape index (κ3) is 3.10. The lowest BCUT2D eigenvalue weighted by Gasteiger charge is -2.37. The molecule has 4 nitrogen and oxygen atoms in total. The first kappa shape index (κ1) is 14.1. The predicted molar refractivity (Wildman–Crippen MR) is 86.9 cm³/mol. The number of anilines is 1. The molecule has 4 heteroatoms. The summed E-state index contributed by atoms with van der Waals surface area (Å²) in [6.45, 7) is 10.0. The maximum atomic E-state index is 9.59. The van der Waals surface area contributed by atoms with Gasteiger partial charge in [0.2, 0.25) is 0 Å². The van der Waals surface area contributed by atoms with Crippen LogP contribution in [0.15, 0.2) is 30.5 Å². The number of piperazine rings is 1. The fraction of sp³-hybridized carbons (Fsp3) is 0.471. The molecule has 0 unspecified atom stereocenters. The van der Waals surface area contributed by atoms with E-state index in [0.29, 0.717) is 0 Å². The van der Waals surface area contributed by atoms with Crippen LogP contribution in [0, 0.1) is 5.92 Å². The van der Waals surface area contributed by atoms with Crippen LogP contribution in [0.2, 0.25) is 0 Å². The molecule has 0 bridgehead atoms. The number of phenols is 1. The van der Waals surface area contributed by atoms with Gasteiger partial charge in [0.05, 0.1) is 5.52 Å². The minimum atomic E-state index is 0.272. The fourth-order valence-corrected chi connectivity index (χ4v) is 3.08. The van der Waals surface area contributed by atoms with Gasteiger partial charge in [0.1, 0.15) is 5.75 Å². The van der Waals surface area contributed by atoms with Crippen molar-refractivity contribution in [3.8, 4) is 5.75 Å². The summed E-state index contributed by atoms with van der Waals surface area (Å²) in [7, 11) is 0. The van der Waals surface area contributed by atoms with Crippen molar-refractivity contribution in [2.75, 3.05) is 37.6 Å². The van der Waals surface area contributed by atoms with E-state index in [1.54, 1.807) is 12.1 Å². The molecule has 1 aromatic heterocycles. The van der Waals surface area contributed by atoms with Gasteiger partial charge in [0.25, 0.3) is 0 Å². The third-order valence-corrected chi connectivity index (χ3v) is 4.04. The number of rotatable bonds is 3. The average molecular weight is 285 g/mol. The Balaban J connectivity index is 1.79. The molecule has 0 spiro atoms. The van der Waals surface area contributed by atoms with E-state index in [1.165, 1.54) is 12.2 Å². The highest BCUT2D eigenvalue weighted by molar-refractivity contribution is 5.92. The molecular weight excluding hydrogens is 262 g/mol. The molecule has 21 heavy (non-hydrogen) atoms. The van der Waals surface area contributed by atoms with Crippen molar-refractivity contribution in [2.45, 2.75) is 13.8 Å². The minimum Gasteiger partial charge on any atom is -0.508 e. The number of phenolic OH excluding ortho intramolecular Hbond substituents is 1. The fourth-order valence-electron chi connectivity index (χ4n) is 3.08. The summed E-state index contributed by atoms with van der Waals surface area (Å²) in [6.07, 6.45) is 1.83. The number of aromatic hydroxyl groups is 1. The zero-order valence-corrected chi connectivity index (χ0v) is 12.8. The van der Waals surface area contributed by atoms with Crippen LogP contribution in [-0.2, 0) is 0 Å². The highest BCUT2D eigenvalue weighted by Gasteiger charge is 2.19. The second kappa shape index (κ2) is 5.90. The van der Waals surface area contributed by atoms with Crippen molar-refractivity contribution in [2.24, 2.45) is 5.92 Å². The van der Waals surface area contributed by atoms with Crippen molar-refractivity contribution in [1.82, 2.24) is 9.88 Å². The summed E-state index contributed by atoms with van der Waals surface area (Å²) in [4.78, 5) is 9.32. The molecule has 1 N–H and O–H groups in total. The zero-order valence-electron chi connectivity index (χ0n) is 12.8. The summed E-state index contributed by atoms with van der Waals surface area (Å²) < 4.78 is 0. The summed E-state index contributed by atoms with van der Waals surface area (Å²) in [6, 6.07) is 7.52. The Hall–Kier alpha value is -1.81. The quantitative estimate of drug-likeness (QED) is 0.941. The van der Waals surface area contributed by atoms with Crippen molar-refractivity contribution < 1.29 is 5.11 Å². The standard InChI is InChI=1S/C17H23N3O/c1-13(2)12-19-7-9-20(10-8-19)17-5-6-18-16-11-14(21)3-4-15(16)17/h3-6,11,13,21H,7-10,12H2,1-2H3. The van der Waals surface area contributed by atoms with Crippen LogP contribution < -0.4 is 4.90 Å². The van der Waals surface area contributed by atoms with Gasteiger partial charge in [0.15, 0.2) is 0 Å². The molecule has 0 saturated carbocycles. The Bertz CT molecular complexity index is 618. The zero-order chi connectivity index (χ0) is 14.8. The van der Waals surface area contributed by atoms with Gasteiger partial charge in [-0.25, -0.2) is 0 Å². The smallest absolute Gasteiger partial charge is 0.117 e. The summed E-state index contributed by atoms with van der Waals surface area (Å²) >= 11 is 0. The van der Waals surface area contributed by atoms with Crippen LogP contribution in [0.1, 0.15) is 13.8 Å². The largest absolute Gasteiger partial charge is 0.508 e. The van der Waals surface area contributed by atoms with E-state index < -0.39 is 0 Å². The molecular formula is C17H23N3O. The molecule has 3 rings (SSSR count). The van der Waals surface area contributed by atoms with Crippen LogP contribution in [0.4, 0.5) is 5.69 Å². The number of fused-ring (bicyclic) bond motifs is 1. The number of nitrogens with zero attached hydrogens (tertiary/aromatic N) is 3. The number of hydrogen-bond acceptors (Lipinski definition) is 4. The van der Waals surface area contributed by atoms with Crippen LogP contribution >= 0.6 is 0 Å². The lowest BCUT2D eigenvalue weighted by molar-refractivity contribution is 0.231. The first-order chi connectivity index (χ1) is 10.1. The second-order valence-electron chi connectivity index (χ2n) is 6.21. The maximum absolute atomic E-state index is 9.59. The van der Waals surface area contributed by atoms with E-state index in [-0.39, 0.29) is 5.75 Å². The molecule has 1 aliphatic heterocycles. The second-order valence-corrected chi connectivity index (χ2v) is 6.21. The van der Waals surface area contributed by atoms with E-state index in [1.807, 2.05) is 12.3 Å². The number of hydrogen-bond donors (Lipinski definition) is 1. The summed E-state index contributed by atoms with van der Waals surface area (Å²) in [5.41, 5.74) is 2.08. The number of benzene rings is 1. The maximum Gasteiger partial charge on any atom is 0.117 e. The Kier molecular flexibility index (Phi) is 3.97. The number of pyridine rings is 1. The number of aromatic nitrogens is 1. The molecule has 1 fully saturated rings. The van der Waals surface area contributed by atoms with E-state index >= 15 is 0 Å². The van der Waals surface area contributed by atoms with Crippen molar-refractivity contribution >= 4 is 16.6 Å². The molecule has 0 radical (unpaired) electrons.